The number of likely N-dealkylation sites (N-methyl/N-ethyl adjacent to an activating group) is 1. The van der Waals surface area contributed by atoms with Gasteiger partial charge in [-0.1, -0.05) is 6.92 Å². The zero-order chi connectivity index (χ0) is 13.9. The number of hydrogen-bond acceptors (Lipinski definition) is 1. The SMILES string of the molecule is CCC[N+]1(C)CCOCC1.F[P-](F)(F)(F)(F)F. The van der Waals surface area contributed by atoms with E-state index in [4.69, 9.17) is 4.74 Å². The molecule has 0 bridgehead atoms. The number of ether oxygens (including phenoxy) is 1. The topological polar surface area (TPSA) is 9.23 Å². The minimum absolute atomic E-state index is 0.955. The van der Waals surface area contributed by atoms with E-state index in [-0.39, 0.29) is 0 Å². The third-order valence-electron chi connectivity index (χ3n) is 2.31. The van der Waals surface area contributed by atoms with Crippen LogP contribution in [-0.2, 0) is 4.74 Å². The van der Waals surface area contributed by atoms with Crippen LogP contribution in [-0.4, -0.2) is 44.4 Å². The van der Waals surface area contributed by atoms with Crippen LogP contribution < -0.4 is 0 Å². The summed E-state index contributed by atoms with van der Waals surface area (Å²) in [7, 11) is -8.33. The molecule has 17 heavy (non-hydrogen) atoms. The molecule has 0 spiro atoms. The Morgan fingerprint density at radius 2 is 1.35 bits per heavy atom. The maximum atomic E-state index is 9.87. The standard InChI is InChI=1S/C8H18NO.F6P/c1-3-4-9(2)5-7-10-8-6-9;1-7(2,3,4,5)6/h3-8H2,1-2H3;/q+1;-1. The molecule has 9 heteroatoms. The molecule has 0 radical (unpaired) electrons. The molecule has 0 aromatic heterocycles. The van der Waals surface area contributed by atoms with E-state index in [2.05, 4.69) is 14.0 Å². The van der Waals surface area contributed by atoms with Crippen molar-refractivity contribution in [1.82, 2.24) is 0 Å². The van der Waals surface area contributed by atoms with Gasteiger partial charge in [0.05, 0.1) is 26.8 Å². The molecule has 1 aliphatic rings. The third-order valence-corrected chi connectivity index (χ3v) is 2.31. The molecule has 1 fully saturated rings. The minimum atomic E-state index is -10.7. The van der Waals surface area contributed by atoms with Crippen LogP contribution in [0.15, 0.2) is 0 Å². The normalized spacial score (nSPS) is 24.0. The maximum absolute atomic E-state index is 10.7. The van der Waals surface area contributed by atoms with Crippen molar-refractivity contribution in [2.75, 3.05) is 39.9 Å². The summed E-state index contributed by atoms with van der Waals surface area (Å²) >= 11 is 0. The van der Waals surface area contributed by atoms with E-state index < -0.39 is 7.81 Å². The van der Waals surface area contributed by atoms with Crippen LogP contribution >= 0.6 is 7.81 Å². The number of hydrogen-bond donors (Lipinski definition) is 0. The summed E-state index contributed by atoms with van der Waals surface area (Å²) < 4.78 is 65.7. The quantitative estimate of drug-likeness (QED) is 0.419. The van der Waals surface area contributed by atoms with Crippen molar-refractivity contribution in [3.05, 3.63) is 0 Å². The first-order valence-corrected chi connectivity index (χ1v) is 7.22. The Kier molecular flexibility index (Phi) is 4.53. The Labute approximate surface area is 96.4 Å². The predicted octanol–water partition coefficient (Wildman–Crippen LogP) is 4.26. The molecule has 1 saturated heterocycles. The molecule has 1 rings (SSSR count). The Hall–Kier alpha value is -0.0700. The summed E-state index contributed by atoms with van der Waals surface area (Å²) in [6, 6.07) is 0. The summed E-state index contributed by atoms with van der Waals surface area (Å²) in [5.74, 6) is 0. The van der Waals surface area contributed by atoms with Crippen LogP contribution in [0.5, 0.6) is 0 Å². The fraction of sp³-hybridized carbons (Fsp3) is 1.00. The molecule has 1 aliphatic heterocycles. The van der Waals surface area contributed by atoms with E-state index in [0.717, 1.165) is 13.2 Å². The number of halogens is 6. The van der Waals surface area contributed by atoms with E-state index in [1.54, 1.807) is 0 Å². The van der Waals surface area contributed by atoms with Gasteiger partial charge in [0.15, 0.2) is 0 Å². The fourth-order valence-electron chi connectivity index (χ4n) is 1.55. The van der Waals surface area contributed by atoms with Gasteiger partial charge in [-0.05, 0) is 6.42 Å². The molecule has 0 N–H and O–H groups in total. The van der Waals surface area contributed by atoms with E-state index in [9.17, 15) is 25.2 Å². The Bertz CT molecular complexity index is 227. The predicted molar refractivity (Wildman–Crippen MR) is 55.5 cm³/mol. The second-order valence-corrected chi connectivity index (χ2v) is 6.28. The molecular weight excluding hydrogens is 271 g/mol. The summed E-state index contributed by atoms with van der Waals surface area (Å²) in [6.45, 7) is 7.87. The van der Waals surface area contributed by atoms with Crippen LogP contribution in [0.3, 0.4) is 0 Å². The van der Waals surface area contributed by atoms with Gasteiger partial charge in [0.2, 0.25) is 0 Å². The molecule has 0 atom stereocenters. The number of morpholine rings is 1. The summed E-state index contributed by atoms with van der Waals surface area (Å²) in [4.78, 5) is 0. The zero-order valence-electron chi connectivity index (χ0n) is 9.81. The van der Waals surface area contributed by atoms with Gasteiger partial charge in [0.25, 0.3) is 0 Å². The van der Waals surface area contributed by atoms with Crippen LogP contribution in [0.4, 0.5) is 25.2 Å². The van der Waals surface area contributed by atoms with Crippen LogP contribution in [0, 0.1) is 0 Å². The first-order valence-electron chi connectivity index (χ1n) is 5.19. The van der Waals surface area contributed by atoms with Gasteiger partial charge in [-0.25, -0.2) is 0 Å². The van der Waals surface area contributed by atoms with Gasteiger partial charge >= 0.3 is 33.0 Å². The van der Waals surface area contributed by atoms with Crippen molar-refractivity contribution in [1.29, 1.82) is 0 Å². The monoisotopic (exact) mass is 289 g/mol. The number of quaternary nitrogens is 1. The van der Waals surface area contributed by atoms with Gasteiger partial charge < -0.3 is 9.22 Å². The average Bonchev–Trinajstić information content (AvgIpc) is 1.99. The molecular formula is C8H18F6NOP. The van der Waals surface area contributed by atoms with Gasteiger partial charge in [-0.15, -0.1) is 0 Å². The second kappa shape index (κ2) is 4.55. The Balaban J connectivity index is 0.000000325. The van der Waals surface area contributed by atoms with Crippen molar-refractivity contribution in [2.45, 2.75) is 13.3 Å². The Morgan fingerprint density at radius 1 is 1.00 bits per heavy atom. The molecule has 108 valence electrons. The van der Waals surface area contributed by atoms with Crippen molar-refractivity contribution < 1.29 is 34.4 Å². The van der Waals surface area contributed by atoms with E-state index in [1.807, 2.05) is 0 Å². The summed E-state index contributed by atoms with van der Waals surface area (Å²) in [5.41, 5.74) is 0. The van der Waals surface area contributed by atoms with Gasteiger partial charge in [0.1, 0.15) is 13.1 Å². The van der Waals surface area contributed by atoms with E-state index in [1.165, 1.54) is 30.5 Å². The molecule has 1 heterocycles. The number of rotatable bonds is 2. The second-order valence-electron chi connectivity index (χ2n) is 4.36. The average molecular weight is 289 g/mol. The summed E-state index contributed by atoms with van der Waals surface area (Å²) in [6.07, 6.45) is 1.29. The van der Waals surface area contributed by atoms with Crippen LogP contribution in [0.25, 0.3) is 0 Å². The molecule has 0 unspecified atom stereocenters. The molecule has 0 aromatic carbocycles. The Morgan fingerprint density at radius 3 is 1.65 bits per heavy atom. The molecule has 0 aromatic rings. The van der Waals surface area contributed by atoms with Gasteiger partial charge in [-0.2, -0.15) is 0 Å². The van der Waals surface area contributed by atoms with E-state index >= 15 is 0 Å². The number of nitrogens with zero attached hydrogens (tertiary/aromatic N) is 1. The summed E-state index contributed by atoms with van der Waals surface area (Å²) in [5, 5.41) is 0. The van der Waals surface area contributed by atoms with E-state index in [0.29, 0.717) is 0 Å². The van der Waals surface area contributed by atoms with Crippen molar-refractivity contribution in [3.8, 4) is 0 Å². The van der Waals surface area contributed by atoms with Crippen molar-refractivity contribution in [2.24, 2.45) is 0 Å². The first kappa shape index (κ1) is 16.9. The van der Waals surface area contributed by atoms with Crippen LogP contribution in [0.1, 0.15) is 13.3 Å². The molecule has 0 amide bonds. The fourth-order valence-corrected chi connectivity index (χ4v) is 1.55. The van der Waals surface area contributed by atoms with Crippen molar-refractivity contribution in [3.63, 3.8) is 0 Å². The van der Waals surface area contributed by atoms with Crippen LogP contribution in [0.2, 0.25) is 0 Å². The van der Waals surface area contributed by atoms with Gasteiger partial charge in [0, 0.05) is 0 Å². The molecule has 2 nitrogen and oxygen atoms in total. The van der Waals surface area contributed by atoms with Crippen molar-refractivity contribution >= 4 is 7.81 Å². The molecule has 0 aliphatic carbocycles. The van der Waals surface area contributed by atoms with Gasteiger partial charge in [-0.3, -0.25) is 0 Å². The first-order chi connectivity index (χ1) is 7.22. The zero-order valence-corrected chi connectivity index (χ0v) is 10.7. The molecule has 0 saturated carbocycles. The third kappa shape index (κ3) is 15.9.